The summed E-state index contributed by atoms with van der Waals surface area (Å²) in [5.41, 5.74) is 1.24. The van der Waals surface area contributed by atoms with Gasteiger partial charge in [0.05, 0.1) is 14.1 Å². The minimum absolute atomic E-state index is 0.356. The second-order valence-corrected chi connectivity index (χ2v) is 8.67. The molecule has 7 heteroatoms. The Kier molecular flexibility index (Phi) is 4.36. The summed E-state index contributed by atoms with van der Waals surface area (Å²) in [4.78, 5) is 20.0. The second-order valence-electron chi connectivity index (χ2n) is 4.70. The van der Waals surface area contributed by atoms with Gasteiger partial charge >= 0.3 is 5.97 Å². The largest absolute Gasteiger partial charge is 0.406 e. The first-order chi connectivity index (χ1) is 10.4. The predicted molar refractivity (Wildman–Crippen MR) is 94.5 cm³/mol. The molecule has 0 N–H and O–H groups in total. The monoisotopic (exact) mass is 369 g/mol. The van der Waals surface area contributed by atoms with Crippen molar-refractivity contribution >= 4 is 51.6 Å². The standard InChI is InChI=1S/C15H12ClNO2S3/c1-7-6-11(20-8(7)2)15-17-14(19-9(3)18)13(22-15)10-4-5-12(16)21-10/h4-6H,1-3H3. The molecule has 0 radical (unpaired) electrons. The van der Waals surface area contributed by atoms with Crippen LogP contribution < -0.4 is 4.74 Å². The first-order valence-electron chi connectivity index (χ1n) is 6.46. The summed E-state index contributed by atoms with van der Waals surface area (Å²) in [5, 5.41) is 0.858. The van der Waals surface area contributed by atoms with Gasteiger partial charge in [-0.1, -0.05) is 11.6 Å². The van der Waals surface area contributed by atoms with E-state index in [9.17, 15) is 4.79 Å². The maximum atomic E-state index is 11.3. The first-order valence-corrected chi connectivity index (χ1v) is 9.29. The predicted octanol–water partition coefficient (Wildman–Crippen LogP) is 5.80. The highest BCUT2D eigenvalue weighted by molar-refractivity contribution is 7.27. The maximum Gasteiger partial charge on any atom is 0.309 e. The number of aryl methyl sites for hydroxylation is 2. The highest BCUT2D eigenvalue weighted by atomic mass is 35.5. The Morgan fingerprint density at radius 2 is 1.95 bits per heavy atom. The van der Waals surface area contributed by atoms with Gasteiger partial charge in [-0.05, 0) is 37.6 Å². The quantitative estimate of drug-likeness (QED) is 0.548. The van der Waals surface area contributed by atoms with Gasteiger partial charge in [-0.3, -0.25) is 4.79 Å². The highest BCUT2D eigenvalue weighted by Crippen LogP contribution is 2.45. The average molecular weight is 370 g/mol. The molecule has 0 aliphatic rings. The molecule has 3 aromatic rings. The summed E-state index contributed by atoms with van der Waals surface area (Å²) >= 11 is 10.7. The van der Waals surface area contributed by atoms with E-state index in [4.69, 9.17) is 16.3 Å². The third kappa shape index (κ3) is 3.10. The summed E-state index contributed by atoms with van der Waals surface area (Å²) < 4.78 is 5.97. The molecule has 114 valence electrons. The molecule has 0 saturated carbocycles. The maximum absolute atomic E-state index is 11.3. The van der Waals surface area contributed by atoms with Crippen LogP contribution in [0.4, 0.5) is 0 Å². The van der Waals surface area contributed by atoms with Crippen molar-refractivity contribution in [3.05, 3.63) is 33.0 Å². The van der Waals surface area contributed by atoms with Crippen LogP contribution in [0.1, 0.15) is 17.4 Å². The van der Waals surface area contributed by atoms with Crippen molar-refractivity contribution in [2.75, 3.05) is 0 Å². The lowest BCUT2D eigenvalue weighted by molar-refractivity contribution is -0.132. The number of halogens is 1. The van der Waals surface area contributed by atoms with Gasteiger partial charge in [0, 0.05) is 11.8 Å². The van der Waals surface area contributed by atoms with Gasteiger partial charge in [0.15, 0.2) is 0 Å². The lowest BCUT2D eigenvalue weighted by Crippen LogP contribution is -2.02. The fourth-order valence-electron chi connectivity index (χ4n) is 1.89. The van der Waals surface area contributed by atoms with Gasteiger partial charge in [0.1, 0.15) is 9.88 Å². The van der Waals surface area contributed by atoms with Gasteiger partial charge in [-0.2, -0.15) is 4.98 Å². The lowest BCUT2D eigenvalue weighted by atomic mass is 10.3. The number of esters is 1. The van der Waals surface area contributed by atoms with Crippen LogP contribution in [0.5, 0.6) is 5.88 Å². The Morgan fingerprint density at radius 3 is 2.50 bits per heavy atom. The molecule has 3 nitrogen and oxygen atoms in total. The normalized spacial score (nSPS) is 10.9. The van der Waals surface area contributed by atoms with E-state index in [-0.39, 0.29) is 5.97 Å². The molecule has 3 heterocycles. The summed E-state index contributed by atoms with van der Waals surface area (Å²) in [7, 11) is 0. The number of carbonyl (C=O) groups excluding carboxylic acids is 1. The topological polar surface area (TPSA) is 39.2 Å². The Labute approximate surface area is 145 Å². The van der Waals surface area contributed by atoms with E-state index >= 15 is 0 Å². The van der Waals surface area contributed by atoms with Crippen molar-refractivity contribution in [2.24, 2.45) is 0 Å². The minimum atomic E-state index is -0.376. The second kappa shape index (κ2) is 6.12. The molecule has 0 atom stereocenters. The minimum Gasteiger partial charge on any atom is -0.406 e. The van der Waals surface area contributed by atoms with E-state index in [1.54, 1.807) is 11.3 Å². The molecular formula is C15H12ClNO2S3. The van der Waals surface area contributed by atoms with Crippen LogP contribution >= 0.6 is 45.6 Å². The molecule has 0 aliphatic heterocycles. The number of hydrogen-bond acceptors (Lipinski definition) is 6. The molecule has 0 bridgehead atoms. The third-order valence-electron chi connectivity index (χ3n) is 3.01. The van der Waals surface area contributed by atoms with Crippen molar-refractivity contribution in [3.63, 3.8) is 0 Å². The number of rotatable bonds is 3. The molecule has 0 spiro atoms. The van der Waals surface area contributed by atoms with E-state index in [1.807, 2.05) is 12.1 Å². The molecule has 0 fully saturated rings. The molecule has 0 amide bonds. The fourth-order valence-corrected chi connectivity index (χ4v) is 5.11. The molecule has 0 unspecified atom stereocenters. The number of hydrogen-bond donors (Lipinski definition) is 0. The van der Waals surface area contributed by atoms with Crippen LogP contribution in [0, 0.1) is 13.8 Å². The van der Waals surface area contributed by atoms with Crippen molar-refractivity contribution in [1.29, 1.82) is 0 Å². The first kappa shape index (κ1) is 15.7. The van der Waals surface area contributed by atoms with Gasteiger partial charge in [0.2, 0.25) is 5.88 Å². The fraction of sp³-hybridized carbons (Fsp3) is 0.200. The van der Waals surface area contributed by atoms with E-state index < -0.39 is 0 Å². The van der Waals surface area contributed by atoms with Crippen molar-refractivity contribution < 1.29 is 9.53 Å². The molecule has 3 rings (SSSR count). The number of aromatic nitrogens is 1. The Bertz CT molecular complexity index is 827. The zero-order valence-electron chi connectivity index (χ0n) is 12.1. The van der Waals surface area contributed by atoms with E-state index in [2.05, 4.69) is 24.9 Å². The number of carbonyl (C=O) groups is 1. The zero-order valence-corrected chi connectivity index (χ0v) is 15.3. The van der Waals surface area contributed by atoms with Crippen LogP contribution in [0.3, 0.4) is 0 Å². The summed E-state index contributed by atoms with van der Waals surface area (Å²) in [6.07, 6.45) is 0. The summed E-state index contributed by atoms with van der Waals surface area (Å²) in [6, 6.07) is 5.86. The van der Waals surface area contributed by atoms with E-state index in [0.717, 1.165) is 19.6 Å². The number of nitrogens with zero attached hydrogens (tertiary/aromatic N) is 1. The molecule has 0 aliphatic carbocycles. The number of thiazole rings is 1. The van der Waals surface area contributed by atoms with E-state index in [0.29, 0.717) is 10.2 Å². The van der Waals surface area contributed by atoms with Gasteiger partial charge in [-0.25, -0.2) is 0 Å². The van der Waals surface area contributed by atoms with Crippen LogP contribution in [-0.2, 0) is 4.79 Å². The third-order valence-corrected chi connectivity index (χ3v) is 6.78. The zero-order chi connectivity index (χ0) is 15.9. The molecule has 0 saturated heterocycles. The molecule has 22 heavy (non-hydrogen) atoms. The van der Waals surface area contributed by atoms with Crippen molar-refractivity contribution in [2.45, 2.75) is 20.8 Å². The molecule has 0 aromatic carbocycles. The van der Waals surface area contributed by atoms with Gasteiger partial charge in [-0.15, -0.1) is 34.0 Å². The SMILES string of the molecule is CC(=O)Oc1nc(-c2cc(C)c(C)s2)sc1-c1ccc(Cl)s1. The average Bonchev–Trinajstić information content (AvgIpc) is 3.10. The van der Waals surface area contributed by atoms with Crippen molar-refractivity contribution in [3.8, 4) is 25.5 Å². The van der Waals surface area contributed by atoms with Gasteiger partial charge in [0.25, 0.3) is 0 Å². The Balaban J connectivity index is 2.09. The summed E-state index contributed by atoms with van der Waals surface area (Å²) in [5.74, 6) is -0.0194. The van der Waals surface area contributed by atoms with Crippen molar-refractivity contribution in [1.82, 2.24) is 4.98 Å². The van der Waals surface area contributed by atoms with Crippen LogP contribution in [0.2, 0.25) is 4.34 Å². The molecular weight excluding hydrogens is 358 g/mol. The highest BCUT2D eigenvalue weighted by Gasteiger charge is 2.20. The van der Waals surface area contributed by atoms with Gasteiger partial charge < -0.3 is 4.74 Å². The Morgan fingerprint density at radius 1 is 1.18 bits per heavy atom. The van der Waals surface area contributed by atoms with Crippen LogP contribution in [-0.4, -0.2) is 11.0 Å². The number of ether oxygens (including phenoxy) is 1. The van der Waals surface area contributed by atoms with Crippen LogP contribution in [0.25, 0.3) is 19.6 Å². The van der Waals surface area contributed by atoms with E-state index in [1.165, 1.54) is 40.0 Å². The number of thiophene rings is 2. The molecule has 3 aromatic heterocycles. The lowest BCUT2D eigenvalue weighted by Gasteiger charge is -1.98. The summed E-state index contributed by atoms with van der Waals surface area (Å²) in [6.45, 7) is 5.55. The van der Waals surface area contributed by atoms with Crippen LogP contribution in [0.15, 0.2) is 18.2 Å². The Hall–Kier alpha value is -1.21. The smallest absolute Gasteiger partial charge is 0.309 e.